The van der Waals surface area contributed by atoms with Gasteiger partial charge in [-0.2, -0.15) is 0 Å². The average molecular weight is 745 g/mol. The van der Waals surface area contributed by atoms with E-state index in [0.29, 0.717) is 28.3 Å². The van der Waals surface area contributed by atoms with Crippen molar-refractivity contribution in [1.82, 2.24) is 10.6 Å². The fourth-order valence-electron chi connectivity index (χ4n) is 16.1. The summed E-state index contributed by atoms with van der Waals surface area (Å²) in [6.07, 6.45) is 31.1. The molecular formula is C49H66N2P2. The Morgan fingerprint density at radius 2 is 1.06 bits per heavy atom. The first kappa shape index (κ1) is 34.9. The third-order valence-corrected chi connectivity index (χ3v) is 22.4. The molecule has 2 heterocycles. The Morgan fingerprint density at radius 3 is 1.49 bits per heavy atom. The predicted octanol–water partition coefficient (Wildman–Crippen LogP) is 11.5. The first-order valence-corrected chi connectivity index (χ1v) is 24.7. The van der Waals surface area contributed by atoms with Gasteiger partial charge in [0.15, 0.2) is 0 Å². The molecule has 9 aliphatic carbocycles. The number of benzene rings is 2. The van der Waals surface area contributed by atoms with E-state index in [1.165, 1.54) is 63.3 Å². The highest BCUT2D eigenvalue weighted by Gasteiger charge is 2.63. The van der Waals surface area contributed by atoms with Crippen molar-refractivity contribution in [1.29, 1.82) is 0 Å². The summed E-state index contributed by atoms with van der Waals surface area (Å²) >= 11 is 0. The molecule has 8 bridgehead atoms. The molecule has 2 nitrogen and oxygen atoms in total. The van der Waals surface area contributed by atoms with Crippen molar-refractivity contribution in [2.45, 2.75) is 149 Å². The monoisotopic (exact) mass is 744 g/mol. The molecule has 2 N–H and O–H groups in total. The van der Waals surface area contributed by atoms with Crippen LogP contribution in [0.5, 0.6) is 0 Å². The Labute approximate surface area is 324 Å². The molecule has 2 aromatic rings. The highest BCUT2D eigenvalue weighted by atomic mass is 31.1. The lowest BCUT2D eigenvalue weighted by molar-refractivity contribution is 0.0187. The van der Waals surface area contributed by atoms with Crippen molar-refractivity contribution >= 4 is 22.7 Å². The first-order valence-electron chi connectivity index (χ1n) is 22.6. The molecular weight excluding hydrogens is 679 g/mol. The summed E-state index contributed by atoms with van der Waals surface area (Å²) in [4.78, 5) is 0. The van der Waals surface area contributed by atoms with Crippen LogP contribution in [-0.4, -0.2) is 46.8 Å². The van der Waals surface area contributed by atoms with Gasteiger partial charge >= 0.3 is 0 Å². The Balaban J connectivity index is 1.12. The molecule has 2 saturated heterocycles. The molecule has 11 aliphatic rings. The number of nitrogens with one attached hydrogen (secondary N) is 2. The fourth-order valence-corrected chi connectivity index (χ4v) is 22.2. The second-order valence-electron chi connectivity index (χ2n) is 20.6. The largest absolute Gasteiger partial charge is 0.313 e. The van der Waals surface area contributed by atoms with E-state index >= 15 is 0 Å². The van der Waals surface area contributed by atoms with Gasteiger partial charge in [-0.15, -0.1) is 9.24 Å². The van der Waals surface area contributed by atoms with Crippen LogP contribution < -0.4 is 10.6 Å². The second-order valence-corrected chi connectivity index (χ2v) is 24.6. The maximum atomic E-state index is 4.22. The Morgan fingerprint density at radius 1 is 0.604 bits per heavy atom. The molecule has 4 atom stereocenters. The van der Waals surface area contributed by atoms with Crippen LogP contribution in [0.15, 0.2) is 77.9 Å². The zero-order valence-corrected chi connectivity index (χ0v) is 34.5. The van der Waals surface area contributed by atoms with Crippen LogP contribution >= 0.6 is 17.2 Å². The molecule has 2 aromatic carbocycles. The van der Waals surface area contributed by atoms with Crippen molar-refractivity contribution in [3.05, 3.63) is 89.0 Å². The van der Waals surface area contributed by atoms with E-state index < -0.39 is 0 Å². The van der Waals surface area contributed by atoms with Gasteiger partial charge in [0, 0.05) is 23.2 Å². The first-order chi connectivity index (χ1) is 26.0. The van der Waals surface area contributed by atoms with Crippen LogP contribution in [0.2, 0.25) is 0 Å². The predicted molar refractivity (Wildman–Crippen MR) is 228 cm³/mol. The Hall–Kier alpha value is -1.30. The average Bonchev–Trinajstić information content (AvgIpc) is 3.57. The molecule has 4 heteroatoms. The van der Waals surface area contributed by atoms with Crippen LogP contribution in [0.1, 0.15) is 133 Å². The summed E-state index contributed by atoms with van der Waals surface area (Å²) in [7, 11) is 3.53. The van der Waals surface area contributed by atoms with E-state index in [4.69, 9.17) is 0 Å². The summed E-state index contributed by atoms with van der Waals surface area (Å²) in [6.45, 7) is 2.33. The number of hydrogen-bond acceptors (Lipinski definition) is 2. The van der Waals surface area contributed by atoms with E-state index in [-0.39, 0.29) is 13.1 Å². The van der Waals surface area contributed by atoms with E-state index in [0.717, 1.165) is 35.5 Å². The van der Waals surface area contributed by atoms with Gasteiger partial charge in [0.1, 0.15) is 0 Å². The second kappa shape index (κ2) is 13.7. The molecule has 10 fully saturated rings. The van der Waals surface area contributed by atoms with Crippen molar-refractivity contribution in [2.75, 3.05) is 19.3 Å². The minimum atomic E-state index is -0.175. The van der Waals surface area contributed by atoms with E-state index in [2.05, 4.69) is 86.6 Å². The third kappa shape index (κ3) is 5.90. The molecule has 0 aromatic heterocycles. The normalized spacial score (nSPS) is 43.2. The molecule has 13 rings (SSSR count). The van der Waals surface area contributed by atoms with Gasteiger partial charge in [-0.25, -0.2) is 0 Å². The van der Waals surface area contributed by atoms with Gasteiger partial charge < -0.3 is 10.6 Å². The van der Waals surface area contributed by atoms with Crippen LogP contribution in [-0.2, 0) is 0 Å². The minimum Gasteiger partial charge on any atom is -0.313 e. The number of hydrogen-bond donors (Lipinski definition) is 2. The van der Waals surface area contributed by atoms with E-state index in [1.807, 2.05) is 5.57 Å². The standard InChI is InChI=1S/C49H66N2P2/c52-49(44-15-7-9-17-50-44,45-16-8-10-18-51-45)43-25-41(39-11-3-1-4-12-39)46(40-13-5-2-6-14-40)42(43)32-53(47-26-33-19-34(27-47)21-35(20-33)28-47)48-29-36-22-37(30-48)24-38(23-36)31-48/h1-6,11-14,25,33-38,44-46,50-51H,7-10,15-24,26-32,52H2. The van der Waals surface area contributed by atoms with Crippen LogP contribution in [0.25, 0.3) is 5.57 Å². The summed E-state index contributed by atoms with van der Waals surface area (Å²) in [5.74, 6) is 6.52. The fraction of sp³-hybridized carbons (Fsp3) is 0.673. The lowest BCUT2D eigenvalue weighted by Gasteiger charge is -2.68. The van der Waals surface area contributed by atoms with Crippen molar-refractivity contribution in [3.8, 4) is 0 Å². The molecule has 0 radical (unpaired) electrons. The molecule has 53 heavy (non-hydrogen) atoms. The number of rotatable bonds is 9. The maximum Gasteiger partial charge on any atom is 0.0402 e. The van der Waals surface area contributed by atoms with Crippen LogP contribution in [0.3, 0.4) is 0 Å². The zero-order chi connectivity index (χ0) is 35.2. The molecule has 0 spiro atoms. The Bertz CT molecular complexity index is 1580. The number of piperidine rings is 2. The molecule has 0 amide bonds. The van der Waals surface area contributed by atoms with E-state index in [9.17, 15) is 0 Å². The van der Waals surface area contributed by atoms with Gasteiger partial charge in [0.25, 0.3) is 0 Å². The molecule has 2 aliphatic heterocycles. The lowest BCUT2D eigenvalue weighted by atomic mass is 9.55. The van der Waals surface area contributed by atoms with Gasteiger partial charge in [-0.3, -0.25) is 0 Å². The highest BCUT2D eigenvalue weighted by molar-refractivity contribution is 7.61. The van der Waals surface area contributed by atoms with Crippen molar-refractivity contribution in [2.24, 2.45) is 35.5 Å². The van der Waals surface area contributed by atoms with Gasteiger partial charge in [0.2, 0.25) is 0 Å². The third-order valence-electron chi connectivity index (χ3n) is 17.3. The topological polar surface area (TPSA) is 24.1 Å². The lowest BCUT2D eigenvalue weighted by Crippen LogP contribution is -2.61. The summed E-state index contributed by atoms with van der Waals surface area (Å²) in [6, 6.07) is 24.6. The van der Waals surface area contributed by atoms with E-state index in [1.54, 1.807) is 93.8 Å². The smallest absolute Gasteiger partial charge is 0.0402 e. The maximum absolute atomic E-state index is 4.22. The Kier molecular flexibility index (Phi) is 9.01. The summed E-state index contributed by atoms with van der Waals surface area (Å²) in [5, 5.41) is 9.67. The van der Waals surface area contributed by atoms with Crippen LogP contribution in [0, 0.1) is 35.5 Å². The van der Waals surface area contributed by atoms with Gasteiger partial charge in [-0.1, -0.05) is 87.5 Å². The van der Waals surface area contributed by atoms with Crippen molar-refractivity contribution in [3.63, 3.8) is 0 Å². The highest BCUT2D eigenvalue weighted by Crippen LogP contribution is 2.80. The van der Waals surface area contributed by atoms with Gasteiger partial charge in [-0.05, 0) is 196 Å². The van der Waals surface area contributed by atoms with Crippen LogP contribution in [0.4, 0.5) is 0 Å². The summed E-state index contributed by atoms with van der Waals surface area (Å²) in [5.41, 5.74) is 8.20. The van der Waals surface area contributed by atoms with Gasteiger partial charge in [0.05, 0.1) is 0 Å². The minimum absolute atomic E-state index is 0.0102. The molecule has 282 valence electrons. The molecule has 4 unspecified atom stereocenters. The number of allylic oxidation sites excluding steroid dienone is 3. The SMILES string of the molecule is PC(C1=C(CP(C23CC4CC(CC(C4)C2)C3)C23CC4CC(CC(C4)C2)C3)C(c2ccccc2)C(c2ccccc2)=C1)(C1CCCCN1)C1CCCCN1. The summed E-state index contributed by atoms with van der Waals surface area (Å²) < 4.78 is 0. The molecule has 8 saturated carbocycles. The van der Waals surface area contributed by atoms with Crippen molar-refractivity contribution < 1.29 is 0 Å². The zero-order valence-electron chi connectivity index (χ0n) is 32.4. The quantitative estimate of drug-likeness (QED) is 0.250.